The van der Waals surface area contributed by atoms with Crippen LogP contribution >= 0.6 is 11.8 Å². The predicted molar refractivity (Wildman–Crippen MR) is 78.1 cm³/mol. The fourth-order valence-corrected chi connectivity index (χ4v) is 2.73. The summed E-state index contributed by atoms with van der Waals surface area (Å²) in [6, 6.07) is 6.38. The lowest BCUT2D eigenvalue weighted by molar-refractivity contribution is 0.587. The number of thioether (sulfide) groups is 1. The van der Waals surface area contributed by atoms with Crippen LogP contribution in [0.1, 0.15) is 13.8 Å². The molecule has 0 saturated carbocycles. The van der Waals surface area contributed by atoms with Crippen molar-refractivity contribution in [1.29, 1.82) is 5.26 Å². The third-order valence-corrected chi connectivity index (χ3v) is 5.09. The molecule has 0 atom stereocenters. The van der Waals surface area contributed by atoms with E-state index < -0.39 is 15.1 Å². The lowest BCUT2D eigenvalue weighted by Gasteiger charge is -2.08. The van der Waals surface area contributed by atoms with Gasteiger partial charge in [-0.1, -0.05) is 17.8 Å². The summed E-state index contributed by atoms with van der Waals surface area (Å²) >= 11 is 1.28. The van der Waals surface area contributed by atoms with E-state index in [2.05, 4.69) is 10.3 Å². The number of aliphatic imine (C=N–C) groups is 1. The molecule has 1 aromatic rings. The van der Waals surface area contributed by atoms with Crippen LogP contribution in [0.15, 0.2) is 34.2 Å². The van der Waals surface area contributed by atoms with Crippen LogP contribution in [0.2, 0.25) is 0 Å². The van der Waals surface area contributed by atoms with Crippen LogP contribution in [0.3, 0.4) is 0 Å². The Balaban J connectivity index is 3.19. The lowest BCUT2D eigenvalue weighted by Crippen LogP contribution is -2.14. The number of hydrogen-bond acceptors (Lipinski definition) is 5. The van der Waals surface area contributed by atoms with Crippen LogP contribution in [0.4, 0.5) is 5.69 Å². The van der Waals surface area contributed by atoms with Crippen LogP contribution in [0.5, 0.6) is 0 Å². The first kappa shape index (κ1) is 15.5. The van der Waals surface area contributed by atoms with Gasteiger partial charge in [0.1, 0.15) is 0 Å². The highest BCUT2D eigenvalue weighted by Gasteiger charge is 2.19. The highest BCUT2D eigenvalue weighted by atomic mass is 32.2. The Morgan fingerprint density at radius 1 is 1.47 bits per heavy atom. The number of hydrogen-bond donors (Lipinski definition) is 1. The molecule has 1 N–H and O–H groups in total. The van der Waals surface area contributed by atoms with Gasteiger partial charge in [-0.15, -0.1) is 0 Å². The van der Waals surface area contributed by atoms with Crippen LogP contribution in [0.25, 0.3) is 0 Å². The minimum absolute atomic E-state index is 0.237. The summed E-state index contributed by atoms with van der Waals surface area (Å²) in [5.74, 6) is 0. The summed E-state index contributed by atoms with van der Waals surface area (Å²) in [5.41, 5.74) is 0.494. The number of sulfone groups is 1. The topological polar surface area (TPSA) is 82.3 Å². The molecular formula is C12H15N3O2S2. The minimum atomic E-state index is -3.32. The second-order valence-electron chi connectivity index (χ2n) is 3.95. The first-order chi connectivity index (χ1) is 8.91. The maximum absolute atomic E-state index is 12.0. The predicted octanol–water partition coefficient (Wildman–Crippen LogP) is 2.29. The Kier molecular flexibility index (Phi) is 5.39. The average molecular weight is 297 g/mol. The van der Waals surface area contributed by atoms with Crippen molar-refractivity contribution in [2.45, 2.75) is 24.0 Å². The molecule has 5 nitrogen and oxygen atoms in total. The molecule has 0 saturated heterocycles. The summed E-state index contributed by atoms with van der Waals surface area (Å²) in [5, 5.41) is 10.9. The molecule has 102 valence electrons. The second-order valence-corrected chi connectivity index (χ2v) is 7.25. The maximum Gasteiger partial charge on any atom is 0.183 e. The Morgan fingerprint density at radius 3 is 2.68 bits per heavy atom. The highest BCUT2D eigenvalue weighted by molar-refractivity contribution is 8.13. The van der Waals surface area contributed by atoms with Crippen molar-refractivity contribution in [3.8, 4) is 6.19 Å². The lowest BCUT2D eigenvalue weighted by atomic mass is 10.3. The minimum Gasteiger partial charge on any atom is -0.271 e. The fraction of sp³-hybridized carbons (Fsp3) is 0.333. The van der Waals surface area contributed by atoms with E-state index in [0.717, 1.165) is 0 Å². The molecule has 0 bridgehead atoms. The first-order valence-electron chi connectivity index (χ1n) is 5.53. The Labute approximate surface area is 117 Å². The van der Waals surface area contributed by atoms with Gasteiger partial charge in [0, 0.05) is 0 Å². The Morgan fingerprint density at radius 2 is 2.16 bits per heavy atom. The quantitative estimate of drug-likeness (QED) is 0.400. The van der Waals surface area contributed by atoms with E-state index in [1.54, 1.807) is 44.5 Å². The molecule has 1 aromatic carbocycles. The molecule has 0 unspecified atom stereocenters. The number of benzene rings is 1. The fourth-order valence-electron chi connectivity index (χ4n) is 1.29. The SMILES string of the molecule is CSC(=Nc1cccc(S(=O)(=O)C(C)C)c1)NC#N. The molecule has 0 spiro atoms. The molecule has 0 amide bonds. The van der Waals surface area contributed by atoms with Crippen molar-refractivity contribution in [3.63, 3.8) is 0 Å². The average Bonchev–Trinajstić information content (AvgIpc) is 2.38. The maximum atomic E-state index is 12.0. The third-order valence-electron chi connectivity index (χ3n) is 2.35. The van der Waals surface area contributed by atoms with Crippen LogP contribution in [-0.4, -0.2) is 25.1 Å². The zero-order valence-electron chi connectivity index (χ0n) is 10.9. The van der Waals surface area contributed by atoms with Crippen LogP contribution < -0.4 is 5.32 Å². The van der Waals surface area contributed by atoms with Crippen molar-refractivity contribution in [2.24, 2.45) is 4.99 Å². The van der Waals surface area contributed by atoms with E-state index >= 15 is 0 Å². The van der Waals surface area contributed by atoms with Gasteiger partial charge in [-0.3, -0.25) is 5.32 Å². The van der Waals surface area contributed by atoms with Crippen molar-refractivity contribution < 1.29 is 8.42 Å². The summed E-state index contributed by atoms with van der Waals surface area (Å²) in [6.07, 6.45) is 3.56. The second kappa shape index (κ2) is 6.59. The number of nitriles is 1. The molecule has 7 heteroatoms. The number of rotatable bonds is 3. The van der Waals surface area contributed by atoms with Gasteiger partial charge in [0.2, 0.25) is 0 Å². The molecular weight excluding hydrogens is 282 g/mol. The molecule has 0 aliphatic rings. The number of amidine groups is 1. The summed E-state index contributed by atoms with van der Waals surface area (Å²) in [4.78, 5) is 4.42. The van der Waals surface area contributed by atoms with Gasteiger partial charge >= 0.3 is 0 Å². The Hall–Kier alpha value is -1.52. The summed E-state index contributed by atoms with van der Waals surface area (Å²) < 4.78 is 24.1. The summed E-state index contributed by atoms with van der Waals surface area (Å²) in [6.45, 7) is 3.27. The van der Waals surface area contributed by atoms with Crippen molar-refractivity contribution in [1.82, 2.24) is 5.32 Å². The van der Waals surface area contributed by atoms with Gasteiger partial charge in [0.05, 0.1) is 15.8 Å². The molecule has 0 aliphatic heterocycles. The van der Waals surface area contributed by atoms with E-state index in [9.17, 15) is 8.42 Å². The van der Waals surface area contributed by atoms with Crippen molar-refractivity contribution >= 4 is 32.5 Å². The molecule has 0 heterocycles. The van der Waals surface area contributed by atoms with E-state index in [0.29, 0.717) is 10.9 Å². The van der Waals surface area contributed by atoms with Gasteiger partial charge in [0.15, 0.2) is 21.2 Å². The number of nitrogens with zero attached hydrogens (tertiary/aromatic N) is 2. The van der Waals surface area contributed by atoms with Gasteiger partial charge in [-0.25, -0.2) is 13.4 Å². The molecule has 0 aromatic heterocycles. The molecule has 0 fully saturated rings. The zero-order valence-corrected chi connectivity index (χ0v) is 12.5. The largest absolute Gasteiger partial charge is 0.271 e. The third kappa shape index (κ3) is 3.98. The normalized spacial score (nSPS) is 12.3. The highest BCUT2D eigenvalue weighted by Crippen LogP contribution is 2.22. The molecule has 19 heavy (non-hydrogen) atoms. The molecule has 0 aliphatic carbocycles. The first-order valence-corrected chi connectivity index (χ1v) is 8.30. The van der Waals surface area contributed by atoms with Crippen molar-refractivity contribution in [3.05, 3.63) is 24.3 Å². The zero-order chi connectivity index (χ0) is 14.5. The molecule has 1 rings (SSSR count). The Bertz CT molecular complexity index is 616. The van der Waals surface area contributed by atoms with Gasteiger partial charge in [-0.05, 0) is 38.3 Å². The van der Waals surface area contributed by atoms with E-state index in [-0.39, 0.29) is 4.90 Å². The monoisotopic (exact) mass is 297 g/mol. The van der Waals surface area contributed by atoms with Crippen LogP contribution in [-0.2, 0) is 9.84 Å². The van der Waals surface area contributed by atoms with Crippen LogP contribution in [0, 0.1) is 11.5 Å². The van der Waals surface area contributed by atoms with Gasteiger partial charge < -0.3 is 0 Å². The standard InChI is InChI=1S/C12H15N3O2S2/c1-9(2)19(16,17)11-6-4-5-10(7-11)15-12(18-3)14-8-13/h4-7,9H,1-3H3,(H,14,15). The van der Waals surface area contributed by atoms with E-state index in [1.165, 1.54) is 17.8 Å². The van der Waals surface area contributed by atoms with E-state index in [1.807, 2.05) is 0 Å². The van der Waals surface area contributed by atoms with Gasteiger partial charge in [0.25, 0.3) is 0 Å². The van der Waals surface area contributed by atoms with Crippen molar-refractivity contribution in [2.75, 3.05) is 6.26 Å². The van der Waals surface area contributed by atoms with Gasteiger partial charge in [-0.2, -0.15) is 5.26 Å². The number of nitrogens with one attached hydrogen (secondary N) is 1. The summed E-state index contributed by atoms with van der Waals surface area (Å²) in [7, 11) is -3.32. The van der Waals surface area contributed by atoms with E-state index in [4.69, 9.17) is 5.26 Å². The smallest absolute Gasteiger partial charge is 0.183 e. The molecule has 0 radical (unpaired) electrons.